The molecule has 0 spiro atoms. The van der Waals surface area contributed by atoms with E-state index in [1.54, 1.807) is 0 Å². The van der Waals surface area contributed by atoms with Crippen LogP contribution in [0.4, 0.5) is 0 Å². The molecular formula is C8H7N3O2S. The first-order valence-corrected chi connectivity index (χ1v) is 4.71. The molecule has 5 nitrogen and oxygen atoms in total. The monoisotopic (exact) mass is 209 g/mol. The molecule has 72 valence electrons. The maximum Gasteiger partial charge on any atom is 0.364 e. The number of thiazole rings is 1. The van der Waals surface area contributed by atoms with E-state index >= 15 is 0 Å². The average molecular weight is 209 g/mol. The third kappa shape index (κ3) is 1.80. The van der Waals surface area contributed by atoms with Crippen LogP contribution in [0.2, 0.25) is 0 Å². The van der Waals surface area contributed by atoms with Crippen molar-refractivity contribution in [2.45, 2.75) is 6.92 Å². The van der Waals surface area contributed by atoms with Crippen molar-refractivity contribution in [3.8, 4) is 5.06 Å². The first-order valence-electron chi connectivity index (χ1n) is 3.89. The molecule has 2 aromatic rings. The lowest BCUT2D eigenvalue weighted by atomic mass is 10.5. The number of nitrogens with one attached hydrogen (secondary N) is 1. The summed E-state index contributed by atoms with van der Waals surface area (Å²) >= 11 is 1.32. The van der Waals surface area contributed by atoms with Crippen LogP contribution in [0.3, 0.4) is 0 Å². The van der Waals surface area contributed by atoms with Crippen LogP contribution >= 0.6 is 11.3 Å². The van der Waals surface area contributed by atoms with Crippen LogP contribution in [-0.2, 0) is 0 Å². The summed E-state index contributed by atoms with van der Waals surface area (Å²) in [4.78, 5) is 21.8. The number of ether oxygens (including phenoxy) is 1. The van der Waals surface area contributed by atoms with E-state index in [2.05, 4.69) is 15.0 Å². The van der Waals surface area contributed by atoms with Crippen molar-refractivity contribution in [3.63, 3.8) is 0 Å². The Labute approximate surface area is 83.8 Å². The quantitative estimate of drug-likeness (QED) is 0.759. The molecule has 6 heteroatoms. The smallest absolute Gasteiger partial charge is 0.364 e. The van der Waals surface area contributed by atoms with Gasteiger partial charge >= 0.3 is 5.97 Å². The molecule has 14 heavy (non-hydrogen) atoms. The van der Waals surface area contributed by atoms with Crippen LogP contribution in [0.5, 0.6) is 5.06 Å². The second-order valence-electron chi connectivity index (χ2n) is 2.54. The van der Waals surface area contributed by atoms with Gasteiger partial charge in [0.05, 0.1) is 17.5 Å². The number of hydrogen-bond donors (Lipinski definition) is 1. The lowest BCUT2D eigenvalue weighted by Gasteiger charge is -1.95. The predicted molar refractivity (Wildman–Crippen MR) is 50.4 cm³/mol. The lowest BCUT2D eigenvalue weighted by Crippen LogP contribution is -2.07. The summed E-state index contributed by atoms with van der Waals surface area (Å²) in [5.74, 6) is -0.477. The minimum atomic E-state index is -0.477. The van der Waals surface area contributed by atoms with E-state index in [-0.39, 0.29) is 5.69 Å². The summed E-state index contributed by atoms with van der Waals surface area (Å²) < 4.78 is 5.01. The van der Waals surface area contributed by atoms with Gasteiger partial charge in [-0.1, -0.05) is 11.3 Å². The Morgan fingerprint density at radius 2 is 2.43 bits per heavy atom. The van der Waals surface area contributed by atoms with Crippen LogP contribution in [-0.4, -0.2) is 20.9 Å². The van der Waals surface area contributed by atoms with Gasteiger partial charge in [0.1, 0.15) is 0 Å². The van der Waals surface area contributed by atoms with Gasteiger partial charge < -0.3 is 9.72 Å². The van der Waals surface area contributed by atoms with Crippen LogP contribution in [0.1, 0.15) is 15.5 Å². The molecule has 1 N–H and O–H groups in total. The molecule has 0 radical (unpaired) electrons. The number of carbonyl (C=O) groups excluding carboxylic acids is 1. The number of nitrogens with zero attached hydrogens (tertiary/aromatic N) is 2. The summed E-state index contributed by atoms with van der Waals surface area (Å²) in [6.45, 7) is 1.84. The van der Waals surface area contributed by atoms with Crippen LogP contribution in [0, 0.1) is 6.92 Å². The molecule has 2 heterocycles. The topological polar surface area (TPSA) is 67.9 Å². The number of aromatic amines is 1. The van der Waals surface area contributed by atoms with Gasteiger partial charge in [-0.15, -0.1) is 0 Å². The molecule has 0 aliphatic heterocycles. The third-order valence-electron chi connectivity index (χ3n) is 1.50. The van der Waals surface area contributed by atoms with Gasteiger partial charge in [-0.2, -0.15) is 0 Å². The molecule has 0 saturated carbocycles. The molecular weight excluding hydrogens is 202 g/mol. The van der Waals surface area contributed by atoms with Crippen molar-refractivity contribution >= 4 is 17.3 Å². The molecule has 0 atom stereocenters. The second kappa shape index (κ2) is 3.59. The zero-order valence-corrected chi connectivity index (χ0v) is 8.17. The van der Waals surface area contributed by atoms with E-state index in [4.69, 9.17) is 4.74 Å². The van der Waals surface area contributed by atoms with Crippen molar-refractivity contribution < 1.29 is 9.53 Å². The number of rotatable bonds is 2. The summed E-state index contributed by atoms with van der Waals surface area (Å²) in [6, 6.07) is 0. The van der Waals surface area contributed by atoms with Gasteiger partial charge in [-0.05, 0) is 6.92 Å². The maximum absolute atomic E-state index is 11.4. The zero-order chi connectivity index (χ0) is 9.97. The number of aryl methyl sites for hydroxylation is 1. The fourth-order valence-corrected chi connectivity index (χ4v) is 1.52. The van der Waals surface area contributed by atoms with Gasteiger partial charge in [-0.3, -0.25) is 0 Å². The predicted octanol–water partition coefficient (Wildman–Crippen LogP) is 1.39. The summed E-state index contributed by atoms with van der Waals surface area (Å²) in [5.41, 5.74) is 0.260. The van der Waals surface area contributed by atoms with E-state index in [0.717, 1.165) is 5.01 Å². The minimum absolute atomic E-state index is 0.260. The van der Waals surface area contributed by atoms with Crippen LogP contribution in [0.15, 0.2) is 18.7 Å². The molecule has 0 aliphatic carbocycles. The SMILES string of the molecule is Cc1ncc(OC(=O)c2c[nH]cn2)s1. The first-order chi connectivity index (χ1) is 6.75. The van der Waals surface area contributed by atoms with Crippen molar-refractivity contribution in [2.75, 3.05) is 0 Å². The summed E-state index contributed by atoms with van der Waals surface area (Å²) in [5, 5.41) is 1.34. The molecule has 0 aliphatic rings. The largest absolute Gasteiger partial charge is 0.409 e. The van der Waals surface area contributed by atoms with Crippen molar-refractivity contribution in [1.82, 2.24) is 15.0 Å². The highest BCUT2D eigenvalue weighted by Crippen LogP contribution is 2.21. The Balaban J connectivity index is 2.09. The van der Waals surface area contributed by atoms with Gasteiger partial charge in [0.25, 0.3) is 0 Å². The minimum Gasteiger partial charge on any atom is -0.409 e. The first kappa shape index (κ1) is 8.89. The Morgan fingerprint density at radius 1 is 1.57 bits per heavy atom. The van der Waals surface area contributed by atoms with E-state index < -0.39 is 5.97 Å². The lowest BCUT2D eigenvalue weighted by molar-refractivity contribution is 0.0735. The number of imidazole rings is 1. The molecule has 0 saturated heterocycles. The fourth-order valence-electron chi connectivity index (χ4n) is 0.905. The Bertz CT molecular complexity index is 435. The highest BCUT2D eigenvalue weighted by atomic mass is 32.1. The van der Waals surface area contributed by atoms with Crippen molar-refractivity contribution in [3.05, 3.63) is 29.4 Å². The highest BCUT2D eigenvalue weighted by molar-refractivity contribution is 7.13. The summed E-state index contributed by atoms with van der Waals surface area (Å²) in [6.07, 6.45) is 4.43. The molecule has 0 unspecified atom stereocenters. The Kier molecular flexibility index (Phi) is 2.28. The fraction of sp³-hybridized carbons (Fsp3) is 0.125. The Morgan fingerprint density at radius 3 is 3.00 bits per heavy atom. The van der Waals surface area contributed by atoms with Crippen LogP contribution < -0.4 is 4.74 Å². The van der Waals surface area contributed by atoms with Crippen molar-refractivity contribution in [1.29, 1.82) is 0 Å². The van der Waals surface area contributed by atoms with Gasteiger partial charge in [-0.25, -0.2) is 14.8 Å². The number of carbonyl (C=O) groups is 1. The molecule has 0 fully saturated rings. The molecule has 2 aromatic heterocycles. The van der Waals surface area contributed by atoms with Gasteiger partial charge in [0.15, 0.2) is 5.69 Å². The van der Waals surface area contributed by atoms with E-state index in [1.807, 2.05) is 6.92 Å². The third-order valence-corrected chi connectivity index (χ3v) is 2.29. The Hall–Kier alpha value is -1.69. The maximum atomic E-state index is 11.4. The molecule has 0 bridgehead atoms. The van der Waals surface area contributed by atoms with Gasteiger partial charge in [0.2, 0.25) is 5.06 Å². The van der Waals surface area contributed by atoms with Gasteiger partial charge in [0, 0.05) is 6.20 Å². The van der Waals surface area contributed by atoms with Crippen LogP contribution in [0.25, 0.3) is 0 Å². The van der Waals surface area contributed by atoms with E-state index in [0.29, 0.717) is 5.06 Å². The standard InChI is InChI=1S/C8H7N3O2S/c1-5-10-3-7(14-5)13-8(12)6-2-9-4-11-6/h2-4H,1H3,(H,9,11). The molecule has 0 amide bonds. The number of H-pyrrole nitrogens is 1. The highest BCUT2D eigenvalue weighted by Gasteiger charge is 2.11. The van der Waals surface area contributed by atoms with E-state index in [9.17, 15) is 4.79 Å². The second-order valence-corrected chi connectivity index (χ2v) is 3.74. The van der Waals surface area contributed by atoms with E-state index in [1.165, 1.54) is 30.1 Å². The average Bonchev–Trinajstić information content (AvgIpc) is 2.75. The number of esters is 1. The summed E-state index contributed by atoms with van der Waals surface area (Å²) in [7, 11) is 0. The molecule has 0 aromatic carbocycles. The number of hydrogen-bond acceptors (Lipinski definition) is 5. The number of aromatic nitrogens is 3. The van der Waals surface area contributed by atoms with Crippen molar-refractivity contribution in [2.24, 2.45) is 0 Å². The zero-order valence-electron chi connectivity index (χ0n) is 7.35. The molecule has 2 rings (SSSR count). The normalized spacial score (nSPS) is 10.1.